The van der Waals surface area contributed by atoms with E-state index in [0.717, 1.165) is 11.5 Å². The number of hydrogen-bond donors (Lipinski definition) is 2. The fourth-order valence-electron chi connectivity index (χ4n) is 2.73. The van der Waals surface area contributed by atoms with E-state index < -0.39 is 10.0 Å². The van der Waals surface area contributed by atoms with Crippen molar-refractivity contribution in [3.8, 4) is 0 Å². The van der Waals surface area contributed by atoms with Gasteiger partial charge >= 0.3 is 0 Å². The van der Waals surface area contributed by atoms with Crippen molar-refractivity contribution in [2.75, 3.05) is 0 Å². The number of rotatable bonds is 5. The molecule has 19 heavy (non-hydrogen) atoms. The Morgan fingerprint density at radius 3 is 2.79 bits per heavy atom. The van der Waals surface area contributed by atoms with Crippen LogP contribution in [0.25, 0.3) is 0 Å². The van der Waals surface area contributed by atoms with Crippen molar-refractivity contribution >= 4 is 10.0 Å². The lowest BCUT2D eigenvalue weighted by Crippen LogP contribution is -2.26. The number of nitrogens with two attached hydrogens (primary N) is 1. The first-order chi connectivity index (χ1) is 8.99. The van der Waals surface area contributed by atoms with Gasteiger partial charge in [0.05, 0.1) is 4.90 Å². The van der Waals surface area contributed by atoms with Gasteiger partial charge in [0.2, 0.25) is 10.0 Å². The van der Waals surface area contributed by atoms with E-state index in [1.165, 1.54) is 31.7 Å². The first-order valence-electron chi connectivity index (χ1n) is 6.84. The molecule has 0 saturated heterocycles. The van der Waals surface area contributed by atoms with Gasteiger partial charge < -0.3 is 5.32 Å². The van der Waals surface area contributed by atoms with Crippen molar-refractivity contribution in [1.82, 2.24) is 5.32 Å². The van der Waals surface area contributed by atoms with Crippen LogP contribution in [0.1, 0.15) is 38.2 Å². The van der Waals surface area contributed by atoms with E-state index in [2.05, 4.69) is 12.2 Å². The fraction of sp³-hybridized carbons (Fsp3) is 0.571. The summed E-state index contributed by atoms with van der Waals surface area (Å²) < 4.78 is 22.6. The molecule has 3 N–H and O–H groups in total. The predicted molar refractivity (Wildman–Crippen MR) is 76.1 cm³/mol. The van der Waals surface area contributed by atoms with Crippen molar-refractivity contribution < 1.29 is 8.42 Å². The first kappa shape index (κ1) is 14.5. The molecule has 0 radical (unpaired) electrons. The summed E-state index contributed by atoms with van der Waals surface area (Å²) in [7, 11) is -3.60. The maximum absolute atomic E-state index is 11.3. The molecule has 0 spiro atoms. The summed E-state index contributed by atoms with van der Waals surface area (Å²) in [5, 5.41) is 8.64. The van der Waals surface area contributed by atoms with Crippen LogP contribution in [-0.4, -0.2) is 14.5 Å². The van der Waals surface area contributed by atoms with Crippen LogP contribution < -0.4 is 10.5 Å². The van der Waals surface area contributed by atoms with Gasteiger partial charge in [-0.25, -0.2) is 13.6 Å². The highest BCUT2D eigenvalue weighted by molar-refractivity contribution is 7.89. The smallest absolute Gasteiger partial charge is 0.238 e. The molecule has 1 aromatic rings. The first-order valence-corrected chi connectivity index (χ1v) is 8.38. The molecule has 1 aliphatic carbocycles. The Kier molecular flexibility index (Phi) is 4.60. The van der Waals surface area contributed by atoms with E-state index >= 15 is 0 Å². The molecule has 0 heterocycles. The average molecular weight is 282 g/mol. The molecular weight excluding hydrogens is 260 g/mol. The van der Waals surface area contributed by atoms with Gasteiger partial charge in [0, 0.05) is 12.6 Å². The molecule has 106 valence electrons. The monoisotopic (exact) mass is 282 g/mol. The van der Waals surface area contributed by atoms with Crippen LogP contribution in [0.3, 0.4) is 0 Å². The zero-order chi connectivity index (χ0) is 13.9. The normalized spacial score (nSPS) is 23.7. The summed E-state index contributed by atoms with van der Waals surface area (Å²) in [6, 6.07) is 7.40. The molecular formula is C14H22N2O2S. The van der Waals surface area contributed by atoms with E-state index in [1.807, 2.05) is 6.07 Å². The predicted octanol–water partition coefficient (Wildman–Crippen LogP) is 2.00. The minimum absolute atomic E-state index is 0.185. The Bertz CT molecular complexity index is 528. The highest BCUT2D eigenvalue weighted by Gasteiger charge is 2.22. The maximum Gasteiger partial charge on any atom is 0.238 e. The standard InChI is InChI=1S/C14H22N2O2S/c1-2-11-6-7-13(8-11)16-10-12-4-3-5-14(9-12)19(15,17)18/h3-5,9,11,13,16H,2,6-8,10H2,1H3,(H2,15,17,18). The van der Waals surface area contributed by atoms with Crippen LogP contribution in [0.15, 0.2) is 29.2 Å². The quantitative estimate of drug-likeness (QED) is 0.867. The zero-order valence-electron chi connectivity index (χ0n) is 11.3. The third-order valence-electron chi connectivity index (χ3n) is 3.94. The zero-order valence-corrected chi connectivity index (χ0v) is 12.1. The molecule has 0 aliphatic heterocycles. The average Bonchev–Trinajstić information content (AvgIpc) is 2.84. The highest BCUT2D eigenvalue weighted by Crippen LogP contribution is 2.28. The molecule has 4 nitrogen and oxygen atoms in total. The fourth-order valence-corrected chi connectivity index (χ4v) is 3.31. The van der Waals surface area contributed by atoms with Gasteiger partial charge in [0.25, 0.3) is 0 Å². The van der Waals surface area contributed by atoms with Gasteiger partial charge in [-0.15, -0.1) is 0 Å². The summed E-state index contributed by atoms with van der Waals surface area (Å²) in [6.07, 6.45) is 4.99. The molecule has 0 amide bonds. The van der Waals surface area contributed by atoms with Crippen LogP contribution in [0.4, 0.5) is 0 Å². The number of benzene rings is 1. The molecule has 2 unspecified atom stereocenters. The lowest BCUT2D eigenvalue weighted by molar-refractivity contribution is 0.476. The van der Waals surface area contributed by atoms with Gasteiger partial charge in [0.1, 0.15) is 0 Å². The van der Waals surface area contributed by atoms with Crippen molar-refractivity contribution in [3.63, 3.8) is 0 Å². The third kappa shape index (κ3) is 4.03. The summed E-state index contributed by atoms with van der Waals surface area (Å²) in [5.74, 6) is 0.841. The lowest BCUT2D eigenvalue weighted by atomic mass is 10.1. The second kappa shape index (κ2) is 6.03. The van der Waals surface area contributed by atoms with Gasteiger partial charge in [-0.1, -0.05) is 25.5 Å². The molecule has 1 saturated carbocycles. The van der Waals surface area contributed by atoms with Crippen LogP contribution in [0.2, 0.25) is 0 Å². The molecule has 1 aromatic carbocycles. The van der Waals surface area contributed by atoms with Crippen molar-refractivity contribution in [3.05, 3.63) is 29.8 Å². The van der Waals surface area contributed by atoms with E-state index in [4.69, 9.17) is 5.14 Å². The maximum atomic E-state index is 11.3. The Balaban J connectivity index is 1.93. The minimum Gasteiger partial charge on any atom is -0.310 e. The Labute approximate surface area is 115 Å². The topological polar surface area (TPSA) is 72.2 Å². The van der Waals surface area contributed by atoms with E-state index in [0.29, 0.717) is 12.6 Å². The third-order valence-corrected chi connectivity index (χ3v) is 4.85. The van der Waals surface area contributed by atoms with Crippen LogP contribution in [0.5, 0.6) is 0 Å². The number of sulfonamides is 1. The second-order valence-electron chi connectivity index (χ2n) is 5.36. The van der Waals surface area contributed by atoms with Gasteiger partial charge in [-0.05, 0) is 42.9 Å². The Hall–Kier alpha value is -0.910. The second-order valence-corrected chi connectivity index (χ2v) is 6.92. The Morgan fingerprint density at radius 1 is 1.37 bits per heavy atom. The van der Waals surface area contributed by atoms with Crippen LogP contribution in [-0.2, 0) is 16.6 Å². The van der Waals surface area contributed by atoms with Gasteiger partial charge in [-0.2, -0.15) is 0 Å². The molecule has 1 aliphatic rings. The van der Waals surface area contributed by atoms with E-state index in [1.54, 1.807) is 12.1 Å². The van der Waals surface area contributed by atoms with Crippen molar-refractivity contribution in [2.45, 2.75) is 50.1 Å². The summed E-state index contributed by atoms with van der Waals surface area (Å²) in [4.78, 5) is 0.185. The SMILES string of the molecule is CCC1CCC(NCc2cccc(S(N)(=O)=O)c2)C1. The lowest BCUT2D eigenvalue weighted by Gasteiger charge is -2.13. The molecule has 0 bridgehead atoms. The largest absolute Gasteiger partial charge is 0.310 e. The molecule has 1 fully saturated rings. The minimum atomic E-state index is -3.60. The van der Waals surface area contributed by atoms with Crippen molar-refractivity contribution in [1.29, 1.82) is 0 Å². The highest BCUT2D eigenvalue weighted by atomic mass is 32.2. The molecule has 2 atom stereocenters. The number of nitrogens with one attached hydrogen (secondary N) is 1. The van der Waals surface area contributed by atoms with Crippen LogP contribution in [0, 0.1) is 5.92 Å². The molecule has 2 rings (SSSR count). The summed E-state index contributed by atoms with van der Waals surface area (Å²) in [5.41, 5.74) is 0.964. The van der Waals surface area contributed by atoms with Crippen LogP contribution >= 0.6 is 0 Å². The van der Waals surface area contributed by atoms with Gasteiger partial charge in [-0.3, -0.25) is 0 Å². The van der Waals surface area contributed by atoms with Crippen molar-refractivity contribution in [2.24, 2.45) is 11.1 Å². The number of primary sulfonamides is 1. The number of hydrogen-bond acceptors (Lipinski definition) is 3. The summed E-state index contributed by atoms with van der Waals surface area (Å²) in [6.45, 7) is 2.94. The summed E-state index contributed by atoms with van der Waals surface area (Å²) >= 11 is 0. The van der Waals surface area contributed by atoms with E-state index in [9.17, 15) is 8.42 Å². The molecule has 0 aromatic heterocycles. The Morgan fingerprint density at radius 2 is 2.16 bits per heavy atom. The van der Waals surface area contributed by atoms with Gasteiger partial charge in [0.15, 0.2) is 0 Å². The van der Waals surface area contributed by atoms with E-state index in [-0.39, 0.29) is 4.90 Å². The molecule has 5 heteroatoms.